The average molecular weight is 783 g/mol. The smallest absolute Gasteiger partial charge is 0.201 e. The van der Waals surface area contributed by atoms with Crippen molar-refractivity contribution in [2.75, 3.05) is 13.2 Å². The number of fused-ring (bicyclic) bond motifs is 4. The summed E-state index contributed by atoms with van der Waals surface area (Å²) in [6.45, 7) is 16.4. The summed E-state index contributed by atoms with van der Waals surface area (Å²) in [7, 11) is 0. The standard InChI is InChI=1S/C50H54O8/c1-27(2)11-9-13-29(5)15-17-57-33-23-37-43(35-19-31(7)21-39(51)45(35)49(55)47(37)41(53)25-33)44-36-20-32(8)22-40(52)46(36)50(56)48-38(44)24-34(26-42(48)54)58-18-16-30(6)14-10-12-28(3)4/h11-12,15-16,19-26,43-44,51-54H,9-10,13-14,17-18H2,1-8H3/b29-15-,30-16+/t43-,44-/m0/s1. The van der Waals surface area contributed by atoms with Gasteiger partial charge < -0.3 is 29.9 Å². The van der Waals surface area contributed by atoms with Gasteiger partial charge in [0.05, 0.1) is 22.3 Å². The number of hydrogen-bond acceptors (Lipinski definition) is 8. The van der Waals surface area contributed by atoms with Gasteiger partial charge in [-0.1, -0.05) is 46.6 Å². The van der Waals surface area contributed by atoms with E-state index in [-0.39, 0.29) is 58.5 Å². The number of rotatable bonds is 13. The molecule has 4 aromatic rings. The lowest BCUT2D eigenvalue weighted by molar-refractivity contribution is 0.101. The Bertz CT molecular complexity index is 2250. The summed E-state index contributed by atoms with van der Waals surface area (Å²) in [5, 5.41) is 46.0. The monoisotopic (exact) mass is 782 g/mol. The van der Waals surface area contributed by atoms with E-state index in [4.69, 9.17) is 9.47 Å². The molecule has 8 heteroatoms. The summed E-state index contributed by atoms with van der Waals surface area (Å²) < 4.78 is 12.4. The van der Waals surface area contributed by atoms with Crippen molar-refractivity contribution in [2.45, 2.75) is 92.9 Å². The summed E-state index contributed by atoms with van der Waals surface area (Å²) in [6.07, 6.45) is 11.9. The Hall–Kier alpha value is -6.02. The van der Waals surface area contributed by atoms with Crippen molar-refractivity contribution in [3.63, 3.8) is 0 Å². The summed E-state index contributed by atoms with van der Waals surface area (Å²) in [6, 6.07) is 13.0. The van der Waals surface area contributed by atoms with Crippen LogP contribution in [0.15, 0.2) is 95.1 Å². The highest BCUT2D eigenvalue weighted by Crippen LogP contribution is 2.57. The molecule has 0 spiro atoms. The Labute approximate surface area is 341 Å². The SMILES string of the molecule is CC(C)=CCC/C(C)=C\COc1cc(O)c2c(c1)[C@@H]([C@H]1c3cc(C)cc(O)c3C(=O)c3c(O)cc(OC/C=C(\C)CCC=C(C)C)cc31)c1cc(C)cc(O)c1C2=O. The van der Waals surface area contributed by atoms with E-state index in [2.05, 4.69) is 39.8 Å². The van der Waals surface area contributed by atoms with Gasteiger partial charge in [-0.2, -0.15) is 0 Å². The Balaban J connectivity index is 1.52. The van der Waals surface area contributed by atoms with Crippen LogP contribution in [0.1, 0.15) is 144 Å². The molecule has 0 radical (unpaired) electrons. The van der Waals surface area contributed by atoms with Crippen LogP contribution in [0.2, 0.25) is 0 Å². The van der Waals surface area contributed by atoms with Gasteiger partial charge in [-0.05, 0) is 151 Å². The largest absolute Gasteiger partial charge is 0.507 e. The van der Waals surface area contributed by atoms with E-state index in [1.165, 1.54) is 35.4 Å². The van der Waals surface area contributed by atoms with Crippen LogP contribution in [-0.2, 0) is 0 Å². The molecular formula is C50H54O8. The van der Waals surface area contributed by atoms with Crippen LogP contribution in [0.3, 0.4) is 0 Å². The van der Waals surface area contributed by atoms with Crippen molar-refractivity contribution in [1.82, 2.24) is 0 Å². The summed E-state index contributed by atoms with van der Waals surface area (Å²) >= 11 is 0. The van der Waals surface area contributed by atoms with E-state index in [0.717, 1.165) is 36.8 Å². The zero-order valence-corrected chi connectivity index (χ0v) is 34.7. The lowest BCUT2D eigenvalue weighted by atomic mass is 9.63. The molecule has 0 saturated heterocycles. The topological polar surface area (TPSA) is 134 Å². The molecule has 0 aliphatic heterocycles. The fourth-order valence-corrected chi connectivity index (χ4v) is 8.22. The fraction of sp³-hybridized carbons (Fsp3) is 0.320. The number of ether oxygens (including phenoxy) is 2. The second kappa shape index (κ2) is 17.2. The number of aromatic hydroxyl groups is 4. The second-order valence-corrected chi connectivity index (χ2v) is 16.3. The minimum Gasteiger partial charge on any atom is -0.507 e. The maximum atomic E-state index is 14.3. The molecule has 0 amide bonds. The van der Waals surface area contributed by atoms with Gasteiger partial charge in [0.25, 0.3) is 0 Å². The number of carbonyl (C=O) groups excluding carboxylic acids is 2. The first kappa shape index (κ1) is 41.6. The number of ketones is 2. The molecule has 0 aromatic heterocycles. The number of benzene rings is 4. The lowest BCUT2D eigenvalue weighted by Gasteiger charge is -2.39. The van der Waals surface area contributed by atoms with Crippen LogP contribution < -0.4 is 9.47 Å². The first-order valence-electron chi connectivity index (χ1n) is 19.9. The van der Waals surface area contributed by atoms with Crippen molar-refractivity contribution >= 4 is 11.6 Å². The van der Waals surface area contributed by atoms with Gasteiger partial charge in [-0.15, -0.1) is 0 Å². The molecule has 302 valence electrons. The van der Waals surface area contributed by atoms with Gasteiger partial charge >= 0.3 is 0 Å². The quantitative estimate of drug-likeness (QED) is 0.0985. The third kappa shape index (κ3) is 8.61. The zero-order chi connectivity index (χ0) is 42.0. The van der Waals surface area contributed by atoms with Gasteiger partial charge in [0.15, 0.2) is 0 Å². The van der Waals surface area contributed by atoms with Crippen LogP contribution in [0.5, 0.6) is 34.5 Å². The molecule has 0 fully saturated rings. The van der Waals surface area contributed by atoms with Crippen molar-refractivity contribution < 1.29 is 39.5 Å². The highest BCUT2D eigenvalue weighted by atomic mass is 16.5. The molecule has 2 atom stereocenters. The zero-order valence-electron chi connectivity index (χ0n) is 34.7. The number of carbonyl (C=O) groups is 2. The summed E-state index contributed by atoms with van der Waals surface area (Å²) in [4.78, 5) is 28.7. The number of phenols is 4. The minimum atomic E-state index is -0.817. The highest BCUT2D eigenvalue weighted by Gasteiger charge is 2.46. The summed E-state index contributed by atoms with van der Waals surface area (Å²) in [5.74, 6) is -3.20. The Morgan fingerprint density at radius 3 is 1.17 bits per heavy atom. The highest BCUT2D eigenvalue weighted by molar-refractivity contribution is 6.18. The minimum absolute atomic E-state index is 0.000302. The van der Waals surface area contributed by atoms with E-state index in [1.807, 2.05) is 52.0 Å². The molecule has 0 unspecified atom stereocenters. The first-order valence-corrected chi connectivity index (χ1v) is 19.9. The molecule has 0 heterocycles. The van der Waals surface area contributed by atoms with Crippen LogP contribution in [0.25, 0.3) is 0 Å². The predicted molar refractivity (Wildman–Crippen MR) is 228 cm³/mol. The summed E-state index contributed by atoms with van der Waals surface area (Å²) in [5.41, 5.74) is 8.03. The van der Waals surface area contributed by atoms with E-state index >= 15 is 0 Å². The fourth-order valence-electron chi connectivity index (χ4n) is 8.22. The molecule has 8 nitrogen and oxygen atoms in total. The molecule has 0 saturated carbocycles. The molecule has 0 bridgehead atoms. The van der Waals surface area contributed by atoms with Crippen LogP contribution in [-0.4, -0.2) is 45.2 Å². The number of hydrogen-bond donors (Lipinski definition) is 4. The van der Waals surface area contributed by atoms with Gasteiger partial charge in [-0.3, -0.25) is 9.59 Å². The predicted octanol–water partition coefficient (Wildman–Crippen LogP) is 11.3. The van der Waals surface area contributed by atoms with Crippen LogP contribution in [0, 0.1) is 13.8 Å². The number of phenolic OH excluding ortho intramolecular Hbond substituents is 4. The van der Waals surface area contributed by atoms with E-state index in [1.54, 1.807) is 12.1 Å². The normalized spacial score (nSPS) is 15.9. The Kier molecular flexibility index (Phi) is 12.4. The number of aryl methyl sites for hydroxylation is 2. The maximum Gasteiger partial charge on any atom is 0.201 e. The van der Waals surface area contributed by atoms with Crippen LogP contribution >= 0.6 is 0 Å². The van der Waals surface area contributed by atoms with Gasteiger partial charge in [0, 0.05) is 24.0 Å². The van der Waals surface area contributed by atoms with Gasteiger partial charge in [-0.25, -0.2) is 0 Å². The molecule has 2 aliphatic rings. The maximum absolute atomic E-state index is 14.3. The van der Waals surface area contributed by atoms with Crippen molar-refractivity contribution in [2.24, 2.45) is 0 Å². The Morgan fingerprint density at radius 2 is 0.828 bits per heavy atom. The van der Waals surface area contributed by atoms with E-state index < -0.39 is 23.4 Å². The molecule has 4 aromatic carbocycles. The Morgan fingerprint density at radius 1 is 0.500 bits per heavy atom. The van der Waals surface area contributed by atoms with E-state index in [0.29, 0.717) is 44.9 Å². The van der Waals surface area contributed by atoms with E-state index in [9.17, 15) is 30.0 Å². The lowest BCUT2D eigenvalue weighted by Crippen LogP contribution is -2.30. The number of allylic oxidation sites excluding steroid dienone is 6. The average Bonchev–Trinajstić information content (AvgIpc) is 3.11. The second-order valence-electron chi connectivity index (χ2n) is 16.3. The first-order chi connectivity index (χ1) is 27.5. The molecule has 58 heavy (non-hydrogen) atoms. The van der Waals surface area contributed by atoms with Gasteiger partial charge in [0.1, 0.15) is 47.7 Å². The molecule has 2 aliphatic carbocycles. The van der Waals surface area contributed by atoms with Crippen molar-refractivity contribution in [3.8, 4) is 34.5 Å². The van der Waals surface area contributed by atoms with Gasteiger partial charge in [0.2, 0.25) is 11.6 Å². The van der Waals surface area contributed by atoms with Crippen molar-refractivity contribution in [1.29, 1.82) is 0 Å². The van der Waals surface area contributed by atoms with Crippen LogP contribution in [0.4, 0.5) is 0 Å². The molecule has 4 N–H and O–H groups in total. The van der Waals surface area contributed by atoms with Crippen molar-refractivity contribution in [3.05, 3.63) is 151 Å². The molecular weight excluding hydrogens is 729 g/mol. The third-order valence-corrected chi connectivity index (χ3v) is 11.0. The third-order valence-electron chi connectivity index (χ3n) is 11.0. The molecule has 6 rings (SSSR count).